The van der Waals surface area contributed by atoms with E-state index in [1.807, 2.05) is 36.4 Å². The van der Waals surface area contributed by atoms with Gasteiger partial charge in [-0.05, 0) is 58.6 Å². The number of nitrogen functional groups attached to an aromatic ring is 1. The number of nitrogens with one attached hydrogen (secondary N) is 1. The Balaban J connectivity index is 1.95. The van der Waals surface area contributed by atoms with E-state index < -0.39 is 0 Å². The molecule has 6 heteroatoms. The van der Waals surface area contributed by atoms with E-state index >= 15 is 0 Å². The first-order valence-corrected chi connectivity index (χ1v) is 9.03. The topological polar surface area (TPSA) is 65.1 Å². The number of nitrogens with zero attached hydrogens (tertiary/aromatic N) is 2. The second kappa shape index (κ2) is 8.10. The maximum absolute atomic E-state index is 6.16. The number of hydrogen-bond acceptors (Lipinski definition) is 4. The highest BCUT2D eigenvalue weighted by atomic mass is 79.9. The number of rotatable bonds is 6. The van der Waals surface area contributed by atoms with Crippen LogP contribution in [-0.4, -0.2) is 16.9 Å². The molecule has 0 unspecified atom stereocenters. The van der Waals surface area contributed by atoms with Gasteiger partial charge in [-0.3, -0.25) is 0 Å². The minimum Gasteiger partial charge on any atom is -0.497 e. The van der Waals surface area contributed by atoms with Gasteiger partial charge in [0, 0.05) is 11.8 Å². The smallest absolute Gasteiger partial charge is 0.143 e. The van der Waals surface area contributed by atoms with Crippen LogP contribution in [0.4, 0.5) is 11.5 Å². The molecule has 1 aromatic heterocycles. The molecule has 2 aromatic carbocycles. The minimum absolute atomic E-state index is 0.538. The first-order chi connectivity index (χ1) is 12.6. The normalized spacial score (nSPS) is 11.4. The van der Waals surface area contributed by atoms with Crippen molar-refractivity contribution < 1.29 is 4.74 Å². The molecule has 0 bridgehead atoms. The number of allylic oxidation sites excluding steroid dienone is 1. The molecule has 0 aliphatic heterocycles. The summed E-state index contributed by atoms with van der Waals surface area (Å²) in [6.45, 7) is 2.11. The quantitative estimate of drug-likeness (QED) is 0.615. The van der Waals surface area contributed by atoms with E-state index in [9.17, 15) is 0 Å². The highest BCUT2D eigenvalue weighted by Crippen LogP contribution is 2.25. The van der Waals surface area contributed by atoms with Crippen LogP contribution < -0.4 is 15.8 Å². The van der Waals surface area contributed by atoms with Crippen LogP contribution in [0.15, 0.2) is 65.3 Å². The number of aryl methyl sites for hydroxylation is 1. The largest absolute Gasteiger partial charge is 0.497 e. The Morgan fingerprint density at radius 3 is 2.77 bits per heavy atom. The van der Waals surface area contributed by atoms with Crippen molar-refractivity contribution in [3.8, 4) is 5.75 Å². The molecule has 5 nitrogen and oxygen atoms in total. The summed E-state index contributed by atoms with van der Waals surface area (Å²) in [5, 5.41) is 7.77. The molecule has 134 valence electrons. The fraction of sp³-hybridized carbons (Fsp3) is 0.150. The highest BCUT2D eigenvalue weighted by Gasteiger charge is 2.10. The molecule has 1 heterocycles. The second-order valence-corrected chi connectivity index (χ2v) is 6.72. The first kappa shape index (κ1) is 18.1. The number of nitrogens with two attached hydrogens (primary N) is 1. The van der Waals surface area contributed by atoms with Gasteiger partial charge in [0.25, 0.3) is 0 Å². The van der Waals surface area contributed by atoms with Gasteiger partial charge in [-0.25, -0.2) is 4.68 Å². The standard InChI is InChI=1S/C20H21BrN4O/c1-14-6-3-4-7-15(14)10-11-19(25-20(22)18(21)13-23-25)24-16-8-5-9-17(12-16)26-2/h3-9,11-13,24H,10,22H2,1-2H3/b19-11-. The molecule has 0 radical (unpaired) electrons. The summed E-state index contributed by atoms with van der Waals surface area (Å²) in [4.78, 5) is 0. The van der Waals surface area contributed by atoms with Gasteiger partial charge < -0.3 is 15.8 Å². The summed E-state index contributed by atoms with van der Waals surface area (Å²) in [5.41, 5.74) is 9.56. The van der Waals surface area contributed by atoms with E-state index in [4.69, 9.17) is 10.5 Å². The Morgan fingerprint density at radius 2 is 2.08 bits per heavy atom. The highest BCUT2D eigenvalue weighted by molar-refractivity contribution is 9.10. The molecule has 0 aliphatic carbocycles. The van der Waals surface area contributed by atoms with E-state index in [0.717, 1.165) is 28.2 Å². The van der Waals surface area contributed by atoms with Crippen molar-refractivity contribution in [2.75, 3.05) is 18.2 Å². The van der Waals surface area contributed by atoms with Crippen LogP contribution in [0.2, 0.25) is 0 Å². The molecule has 0 fully saturated rings. The Hall–Kier alpha value is -2.73. The molecule has 3 rings (SSSR count). The second-order valence-electron chi connectivity index (χ2n) is 5.87. The number of benzene rings is 2. The lowest BCUT2D eigenvalue weighted by atomic mass is 10.1. The zero-order valence-electron chi connectivity index (χ0n) is 14.7. The Kier molecular flexibility index (Phi) is 5.63. The van der Waals surface area contributed by atoms with Gasteiger partial charge >= 0.3 is 0 Å². The van der Waals surface area contributed by atoms with Crippen molar-refractivity contribution in [1.29, 1.82) is 0 Å². The van der Waals surface area contributed by atoms with Crippen LogP contribution in [0, 0.1) is 6.92 Å². The molecule has 0 saturated heterocycles. The van der Waals surface area contributed by atoms with Gasteiger partial charge in [-0.2, -0.15) is 5.10 Å². The van der Waals surface area contributed by atoms with Crippen LogP contribution in [0.3, 0.4) is 0 Å². The van der Waals surface area contributed by atoms with E-state index in [1.165, 1.54) is 11.1 Å². The number of hydrogen-bond donors (Lipinski definition) is 2. The molecule has 26 heavy (non-hydrogen) atoms. The van der Waals surface area contributed by atoms with E-state index in [-0.39, 0.29) is 0 Å². The van der Waals surface area contributed by atoms with Crippen molar-refractivity contribution in [3.05, 3.63) is 76.4 Å². The monoisotopic (exact) mass is 412 g/mol. The third kappa shape index (κ3) is 4.08. The van der Waals surface area contributed by atoms with E-state index in [2.05, 4.69) is 51.5 Å². The fourth-order valence-corrected chi connectivity index (χ4v) is 2.87. The van der Waals surface area contributed by atoms with Gasteiger partial charge in [0.1, 0.15) is 17.4 Å². The lowest BCUT2D eigenvalue weighted by Crippen LogP contribution is -2.12. The zero-order valence-corrected chi connectivity index (χ0v) is 16.3. The average Bonchev–Trinajstić information content (AvgIpc) is 2.99. The van der Waals surface area contributed by atoms with E-state index in [1.54, 1.807) is 18.0 Å². The summed E-state index contributed by atoms with van der Waals surface area (Å²) in [6.07, 6.45) is 4.53. The summed E-state index contributed by atoms with van der Waals surface area (Å²) in [7, 11) is 1.65. The molecule has 3 N–H and O–H groups in total. The third-order valence-corrected chi connectivity index (χ3v) is 4.72. The maximum Gasteiger partial charge on any atom is 0.143 e. The van der Waals surface area contributed by atoms with Crippen molar-refractivity contribution in [3.63, 3.8) is 0 Å². The molecule has 0 aliphatic rings. The molecular weight excluding hydrogens is 392 g/mol. The van der Waals surface area contributed by atoms with Crippen molar-refractivity contribution in [1.82, 2.24) is 9.78 Å². The molecule has 0 spiro atoms. The maximum atomic E-state index is 6.16. The van der Waals surface area contributed by atoms with Gasteiger partial charge in [-0.1, -0.05) is 30.3 Å². The number of methoxy groups -OCH3 is 1. The fourth-order valence-electron chi connectivity index (χ4n) is 2.61. The summed E-state index contributed by atoms with van der Waals surface area (Å²) in [6, 6.07) is 16.1. The summed E-state index contributed by atoms with van der Waals surface area (Å²) < 4.78 is 7.74. The minimum atomic E-state index is 0.538. The molecule has 0 amide bonds. The number of ether oxygens (including phenoxy) is 1. The van der Waals surface area contributed by atoms with Crippen LogP contribution in [0.1, 0.15) is 11.1 Å². The van der Waals surface area contributed by atoms with Crippen LogP contribution in [0.5, 0.6) is 5.75 Å². The van der Waals surface area contributed by atoms with Crippen molar-refractivity contribution in [2.45, 2.75) is 13.3 Å². The Bertz CT molecular complexity index is 933. The van der Waals surface area contributed by atoms with Crippen LogP contribution in [-0.2, 0) is 6.42 Å². The predicted octanol–water partition coefficient (Wildman–Crippen LogP) is 4.70. The third-order valence-electron chi connectivity index (χ3n) is 4.11. The number of halogens is 1. The van der Waals surface area contributed by atoms with Gasteiger partial charge in [-0.15, -0.1) is 0 Å². The van der Waals surface area contributed by atoms with E-state index in [0.29, 0.717) is 5.82 Å². The summed E-state index contributed by atoms with van der Waals surface area (Å²) >= 11 is 3.42. The Morgan fingerprint density at radius 1 is 1.27 bits per heavy atom. The molecule has 0 saturated carbocycles. The van der Waals surface area contributed by atoms with Crippen LogP contribution >= 0.6 is 15.9 Å². The first-order valence-electron chi connectivity index (χ1n) is 8.23. The zero-order chi connectivity index (χ0) is 18.5. The van der Waals surface area contributed by atoms with Crippen LogP contribution in [0.25, 0.3) is 5.82 Å². The lowest BCUT2D eigenvalue weighted by molar-refractivity contribution is 0.415. The van der Waals surface area contributed by atoms with Gasteiger partial charge in [0.2, 0.25) is 0 Å². The number of anilines is 2. The Labute approximate surface area is 161 Å². The lowest BCUT2D eigenvalue weighted by Gasteiger charge is -2.14. The SMILES string of the molecule is COc1cccc(N/C(=C/Cc2ccccc2C)n2ncc(Br)c2N)c1. The molecule has 0 atom stereocenters. The van der Waals surface area contributed by atoms with Gasteiger partial charge in [0.05, 0.1) is 17.8 Å². The average molecular weight is 413 g/mol. The predicted molar refractivity (Wildman–Crippen MR) is 110 cm³/mol. The summed E-state index contributed by atoms with van der Waals surface area (Å²) in [5.74, 6) is 2.10. The van der Waals surface area contributed by atoms with Crippen molar-refractivity contribution >= 4 is 33.3 Å². The number of aromatic nitrogens is 2. The van der Waals surface area contributed by atoms with Crippen molar-refractivity contribution in [2.24, 2.45) is 0 Å². The van der Waals surface area contributed by atoms with Gasteiger partial charge in [0.15, 0.2) is 0 Å². The molecule has 3 aromatic rings. The molecular formula is C20H21BrN4O.